The van der Waals surface area contributed by atoms with E-state index >= 15 is 0 Å². The second-order valence-electron chi connectivity index (χ2n) is 5.42. The molecule has 6 nitrogen and oxygen atoms in total. The van der Waals surface area contributed by atoms with Crippen molar-refractivity contribution in [2.45, 2.75) is 6.04 Å². The summed E-state index contributed by atoms with van der Waals surface area (Å²) in [6.45, 7) is 0. The van der Waals surface area contributed by atoms with Gasteiger partial charge >= 0.3 is 0 Å². The molecular formula is C18H17ClN4O2. The highest BCUT2D eigenvalue weighted by molar-refractivity contribution is 6.32. The van der Waals surface area contributed by atoms with Gasteiger partial charge in [-0.2, -0.15) is 0 Å². The average molecular weight is 357 g/mol. The zero-order valence-electron chi connectivity index (χ0n) is 13.8. The maximum absolute atomic E-state index is 12.7. The molecule has 0 aliphatic rings. The molecule has 0 aliphatic heterocycles. The van der Waals surface area contributed by atoms with E-state index in [1.807, 2.05) is 42.1 Å². The van der Waals surface area contributed by atoms with E-state index in [1.165, 1.54) is 0 Å². The van der Waals surface area contributed by atoms with Gasteiger partial charge in [0.1, 0.15) is 22.8 Å². The summed E-state index contributed by atoms with van der Waals surface area (Å²) in [6.07, 6.45) is 5.06. The van der Waals surface area contributed by atoms with Crippen LogP contribution in [-0.4, -0.2) is 27.6 Å². The number of hydrogen-bond acceptors (Lipinski definition) is 4. The van der Waals surface area contributed by atoms with Crippen molar-refractivity contribution in [1.29, 1.82) is 0 Å². The van der Waals surface area contributed by atoms with E-state index in [4.69, 9.17) is 16.3 Å². The number of aromatic nitrogens is 3. The van der Waals surface area contributed by atoms with Crippen LogP contribution in [-0.2, 0) is 7.05 Å². The minimum Gasteiger partial charge on any atom is -0.497 e. The number of rotatable bonds is 5. The molecule has 0 bridgehead atoms. The Morgan fingerprint density at radius 2 is 1.96 bits per heavy atom. The Bertz CT molecular complexity index is 877. The number of nitrogens with zero attached hydrogens (tertiary/aromatic N) is 3. The summed E-state index contributed by atoms with van der Waals surface area (Å²) in [5, 5.41) is 3.14. The molecule has 2 aromatic heterocycles. The first kappa shape index (κ1) is 17.0. The van der Waals surface area contributed by atoms with Crippen molar-refractivity contribution in [3.63, 3.8) is 0 Å². The standard InChI is InChI=1S/C18H17ClN4O2/c1-23-11-10-21-17(23)15(12-5-7-13(25-2)8-6-12)22-18(24)14-4-3-9-20-16(14)19/h3-11,15H,1-2H3,(H,22,24). The summed E-state index contributed by atoms with van der Waals surface area (Å²) in [6, 6.07) is 10.3. The van der Waals surface area contributed by atoms with Crippen LogP contribution in [0.1, 0.15) is 27.8 Å². The Morgan fingerprint density at radius 3 is 2.56 bits per heavy atom. The Hall–Kier alpha value is -2.86. The molecule has 1 amide bonds. The summed E-state index contributed by atoms with van der Waals surface area (Å²) in [7, 11) is 3.49. The van der Waals surface area contributed by atoms with Gasteiger partial charge in [-0.1, -0.05) is 23.7 Å². The lowest BCUT2D eigenvalue weighted by Crippen LogP contribution is -2.31. The number of nitrogens with one attached hydrogen (secondary N) is 1. The minimum atomic E-state index is -0.435. The van der Waals surface area contributed by atoms with Gasteiger partial charge in [0.25, 0.3) is 5.91 Å². The first-order valence-corrected chi connectivity index (χ1v) is 8.00. The van der Waals surface area contributed by atoms with Crippen molar-refractivity contribution < 1.29 is 9.53 Å². The van der Waals surface area contributed by atoms with Crippen molar-refractivity contribution in [2.75, 3.05) is 7.11 Å². The van der Waals surface area contributed by atoms with Gasteiger partial charge in [0.2, 0.25) is 0 Å². The topological polar surface area (TPSA) is 69.0 Å². The first-order valence-electron chi connectivity index (χ1n) is 7.62. The molecule has 0 spiro atoms. The lowest BCUT2D eigenvalue weighted by Gasteiger charge is -2.19. The second kappa shape index (κ2) is 7.36. The van der Waals surface area contributed by atoms with Gasteiger partial charge in [0.15, 0.2) is 0 Å². The fourth-order valence-electron chi connectivity index (χ4n) is 2.51. The highest BCUT2D eigenvalue weighted by Gasteiger charge is 2.22. The van der Waals surface area contributed by atoms with Crippen LogP contribution >= 0.6 is 11.6 Å². The van der Waals surface area contributed by atoms with Crippen LogP contribution in [0.2, 0.25) is 5.15 Å². The molecule has 7 heteroatoms. The van der Waals surface area contributed by atoms with Gasteiger partial charge in [-0.15, -0.1) is 0 Å². The average Bonchev–Trinajstić information content (AvgIpc) is 3.06. The molecule has 0 saturated carbocycles. The maximum atomic E-state index is 12.7. The molecule has 25 heavy (non-hydrogen) atoms. The van der Waals surface area contributed by atoms with Crippen LogP contribution in [0.4, 0.5) is 0 Å². The van der Waals surface area contributed by atoms with Crippen LogP contribution in [0.15, 0.2) is 55.0 Å². The lowest BCUT2D eigenvalue weighted by molar-refractivity contribution is 0.0941. The number of carbonyl (C=O) groups excluding carboxylic acids is 1. The third-order valence-corrected chi connectivity index (χ3v) is 4.15. The van der Waals surface area contributed by atoms with Crippen molar-refractivity contribution in [3.05, 3.63) is 77.1 Å². The number of benzene rings is 1. The minimum absolute atomic E-state index is 0.160. The third kappa shape index (κ3) is 3.64. The van der Waals surface area contributed by atoms with Crippen LogP contribution < -0.4 is 10.1 Å². The quantitative estimate of drug-likeness (QED) is 0.713. The normalized spacial score (nSPS) is 11.8. The molecule has 1 aromatic carbocycles. The number of pyridine rings is 1. The summed E-state index contributed by atoms with van der Waals surface area (Å²) >= 11 is 6.04. The molecule has 0 saturated heterocycles. The highest BCUT2D eigenvalue weighted by atomic mass is 35.5. The molecule has 2 heterocycles. The second-order valence-corrected chi connectivity index (χ2v) is 5.78. The number of halogens is 1. The van der Waals surface area contributed by atoms with E-state index in [2.05, 4.69) is 15.3 Å². The summed E-state index contributed by atoms with van der Waals surface area (Å²) in [5.74, 6) is 1.13. The van der Waals surface area contributed by atoms with Crippen LogP contribution in [0.5, 0.6) is 5.75 Å². The number of imidazole rings is 1. The molecule has 0 radical (unpaired) electrons. The number of aryl methyl sites for hydroxylation is 1. The smallest absolute Gasteiger partial charge is 0.255 e. The Kier molecular flexibility index (Phi) is 5.00. The molecular weight excluding hydrogens is 340 g/mol. The predicted octanol–water partition coefficient (Wildman–Crippen LogP) is 3.00. The lowest BCUT2D eigenvalue weighted by atomic mass is 10.1. The van der Waals surface area contributed by atoms with E-state index in [0.29, 0.717) is 11.4 Å². The van der Waals surface area contributed by atoms with Gasteiger partial charge in [0.05, 0.1) is 12.7 Å². The number of hydrogen-bond donors (Lipinski definition) is 1. The Labute approximate surface area is 150 Å². The van der Waals surface area contributed by atoms with Gasteiger partial charge in [-0.3, -0.25) is 4.79 Å². The number of ether oxygens (including phenoxy) is 1. The van der Waals surface area contributed by atoms with Crippen molar-refractivity contribution in [2.24, 2.45) is 7.05 Å². The van der Waals surface area contributed by atoms with Crippen LogP contribution in [0.25, 0.3) is 0 Å². The van der Waals surface area contributed by atoms with Crippen LogP contribution in [0, 0.1) is 0 Å². The summed E-state index contributed by atoms with van der Waals surface area (Å²) in [5.41, 5.74) is 1.19. The molecule has 0 aliphatic carbocycles. The number of amides is 1. The van der Waals surface area contributed by atoms with E-state index in [0.717, 1.165) is 11.3 Å². The zero-order chi connectivity index (χ0) is 17.8. The summed E-state index contributed by atoms with van der Waals surface area (Å²) in [4.78, 5) is 21.0. The molecule has 1 N–H and O–H groups in total. The fourth-order valence-corrected chi connectivity index (χ4v) is 2.72. The summed E-state index contributed by atoms with van der Waals surface area (Å²) < 4.78 is 7.06. The zero-order valence-corrected chi connectivity index (χ0v) is 14.6. The van der Waals surface area contributed by atoms with Crippen molar-refractivity contribution >= 4 is 17.5 Å². The molecule has 0 fully saturated rings. The number of methoxy groups -OCH3 is 1. The fraction of sp³-hybridized carbons (Fsp3) is 0.167. The monoisotopic (exact) mass is 356 g/mol. The first-order chi connectivity index (χ1) is 12.1. The highest BCUT2D eigenvalue weighted by Crippen LogP contribution is 2.24. The van der Waals surface area contributed by atoms with Gasteiger partial charge in [0, 0.05) is 25.6 Å². The SMILES string of the molecule is COc1ccc(C(NC(=O)c2cccnc2Cl)c2nccn2C)cc1. The van der Waals surface area contributed by atoms with Crippen LogP contribution in [0.3, 0.4) is 0 Å². The van der Waals surface area contributed by atoms with Gasteiger partial charge in [-0.25, -0.2) is 9.97 Å². The molecule has 3 aromatic rings. The molecule has 3 rings (SSSR count). The molecule has 128 valence electrons. The number of carbonyl (C=O) groups is 1. The van der Waals surface area contributed by atoms with Crippen molar-refractivity contribution in [3.8, 4) is 5.75 Å². The van der Waals surface area contributed by atoms with Gasteiger partial charge < -0.3 is 14.6 Å². The van der Waals surface area contributed by atoms with E-state index in [1.54, 1.807) is 31.6 Å². The largest absolute Gasteiger partial charge is 0.497 e. The maximum Gasteiger partial charge on any atom is 0.255 e. The molecule has 1 atom stereocenters. The Balaban J connectivity index is 1.95. The van der Waals surface area contributed by atoms with Crippen molar-refractivity contribution in [1.82, 2.24) is 19.9 Å². The predicted molar refractivity (Wildman–Crippen MR) is 94.8 cm³/mol. The van der Waals surface area contributed by atoms with E-state index in [9.17, 15) is 4.79 Å². The van der Waals surface area contributed by atoms with E-state index in [-0.39, 0.29) is 11.1 Å². The Morgan fingerprint density at radius 1 is 1.20 bits per heavy atom. The molecule has 1 unspecified atom stereocenters. The third-order valence-electron chi connectivity index (χ3n) is 3.84. The van der Waals surface area contributed by atoms with E-state index < -0.39 is 6.04 Å². The van der Waals surface area contributed by atoms with Gasteiger partial charge in [-0.05, 0) is 29.8 Å².